The van der Waals surface area contributed by atoms with E-state index >= 15 is 0 Å². The summed E-state index contributed by atoms with van der Waals surface area (Å²) >= 11 is 5.94. The number of imidazole rings is 1. The van der Waals surface area contributed by atoms with E-state index in [1.165, 1.54) is 4.57 Å². The van der Waals surface area contributed by atoms with Crippen LogP contribution in [-0.2, 0) is 6.42 Å². The van der Waals surface area contributed by atoms with E-state index in [0.29, 0.717) is 28.2 Å². The number of rotatable bonds is 6. The Morgan fingerprint density at radius 3 is 2.50 bits per heavy atom. The number of halogens is 4. The highest BCUT2D eigenvalue weighted by Gasteiger charge is 2.28. The minimum atomic E-state index is -4.18. The number of aryl methyl sites for hydroxylation is 1. The predicted octanol–water partition coefficient (Wildman–Crippen LogP) is 4.85. The average Bonchev–Trinajstić information content (AvgIpc) is 3.39. The van der Waals surface area contributed by atoms with Gasteiger partial charge in [0.25, 0.3) is 5.56 Å². The molecular formula is C19H18ClF3N4O. The number of hydrogen-bond donors (Lipinski definition) is 0. The fourth-order valence-corrected chi connectivity index (χ4v) is 3.39. The molecule has 2 aromatic heterocycles. The Hall–Kier alpha value is -2.35. The van der Waals surface area contributed by atoms with Crippen LogP contribution in [0.25, 0.3) is 16.9 Å². The summed E-state index contributed by atoms with van der Waals surface area (Å²) in [4.78, 5) is 22.0. The first-order chi connectivity index (χ1) is 13.3. The molecule has 148 valence electrons. The summed E-state index contributed by atoms with van der Waals surface area (Å²) in [6.07, 6.45) is -0.862. The van der Waals surface area contributed by atoms with Crippen LogP contribution in [-0.4, -0.2) is 25.3 Å². The van der Waals surface area contributed by atoms with E-state index in [4.69, 9.17) is 11.6 Å². The quantitative estimate of drug-likeness (QED) is 0.546. The van der Waals surface area contributed by atoms with E-state index in [-0.39, 0.29) is 30.3 Å². The SMILES string of the molecule is O=c1c2ncn(C3CC3)c2nc(CCCCC(F)(F)F)n1-c1ccc(Cl)cc1. The lowest BCUT2D eigenvalue weighted by molar-refractivity contribution is -0.135. The van der Waals surface area contributed by atoms with E-state index < -0.39 is 12.6 Å². The van der Waals surface area contributed by atoms with Gasteiger partial charge < -0.3 is 4.57 Å². The Morgan fingerprint density at radius 1 is 1.14 bits per heavy atom. The number of aromatic nitrogens is 4. The lowest BCUT2D eigenvalue weighted by atomic mass is 10.1. The molecule has 4 rings (SSSR count). The maximum Gasteiger partial charge on any atom is 0.389 e. The Labute approximate surface area is 163 Å². The molecular weight excluding hydrogens is 393 g/mol. The van der Waals surface area contributed by atoms with Crippen LogP contribution in [0.5, 0.6) is 0 Å². The van der Waals surface area contributed by atoms with Crippen molar-refractivity contribution in [3.63, 3.8) is 0 Å². The summed E-state index contributed by atoms with van der Waals surface area (Å²) in [5.74, 6) is 0.435. The van der Waals surface area contributed by atoms with Crippen LogP contribution in [0.3, 0.4) is 0 Å². The maximum atomic E-state index is 13.1. The van der Waals surface area contributed by atoms with Crippen LogP contribution in [0.2, 0.25) is 5.02 Å². The van der Waals surface area contributed by atoms with E-state index in [9.17, 15) is 18.0 Å². The van der Waals surface area contributed by atoms with Gasteiger partial charge in [-0.25, -0.2) is 9.97 Å². The van der Waals surface area contributed by atoms with Crippen molar-refractivity contribution >= 4 is 22.8 Å². The second-order valence-corrected chi connectivity index (χ2v) is 7.46. The van der Waals surface area contributed by atoms with Crippen molar-refractivity contribution in [1.82, 2.24) is 19.1 Å². The highest BCUT2D eigenvalue weighted by atomic mass is 35.5. The largest absolute Gasteiger partial charge is 0.389 e. The molecule has 0 bridgehead atoms. The first kappa shape index (κ1) is 19.0. The van der Waals surface area contributed by atoms with Crippen molar-refractivity contribution in [2.24, 2.45) is 0 Å². The van der Waals surface area contributed by atoms with Crippen LogP contribution in [0, 0.1) is 0 Å². The van der Waals surface area contributed by atoms with Gasteiger partial charge in [0.1, 0.15) is 5.82 Å². The lowest BCUT2D eigenvalue weighted by Crippen LogP contribution is -2.24. The monoisotopic (exact) mass is 410 g/mol. The third kappa shape index (κ3) is 3.92. The Kier molecular flexibility index (Phi) is 4.91. The standard InChI is InChI=1S/C19H18ClF3N4O/c20-12-4-6-14(7-5-12)27-15(3-1-2-10-19(21,22)23)25-17-16(18(27)28)24-11-26(17)13-8-9-13/h4-7,11,13H,1-3,8-10H2. The van der Waals surface area contributed by atoms with Crippen LogP contribution < -0.4 is 5.56 Å². The Morgan fingerprint density at radius 2 is 1.86 bits per heavy atom. The number of alkyl halides is 3. The van der Waals surface area contributed by atoms with Crippen LogP contribution in [0.15, 0.2) is 35.4 Å². The molecule has 1 saturated carbocycles. The van der Waals surface area contributed by atoms with Gasteiger partial charge in [-0.15, -0.1) is 0 Å². The normalized spacial score (nSPS) is 14.7. The zero-order valence-electron chi connectivity index (χ0n) is 14.9. The smallest absolute Gasteiger partial charge is 0.312 e. The van der Waals surface area contributed by atoms with Crippen molar-refractivity contribution in [2.75, 3.05) is 0 Å². The lowest BCUT2D eigenvalue weighted by Gasteiger charge is -2.13. The van der Waals surface area contributed by atoms with Gasteiger partial charge in [-0.1, -0.05) is 11.6 Å². The summed E-state index contributed by atoms with van der Waals surface area (Å²) in [6, 6.07) is 6.98. The van der Waals surface area contributed by atoms with E-state index in [0.717, 1.165) is 12.8 Å². The van der Waals surface area contributed by atoms with Crippen LogP contribution in [0.4, 0.5) is 13.2 Å². The van der Waals surface area contributed by atoms with Crippen molar-refractivity contribution in [2.45, 2.75) is 50.7 Å². The fraction of sp³-hybridized carbons (Fsp3) is 0.421. The molecule has 1 aromatic carbocycles. The highest BCUT2D eigenvalue weighted by molar-refractivity contribution is 6.30. The number of unbranched alkanes of at least 4 members (excludes halogenated alkanes) is 1. The second-order valence-electron chi connectivity index (χ2n) is 7.02. The first-order valence-corrected chi connectivity index (χ1v) is 9.52. The topological polar surface area (TPSA) is 52.7 Å². The second kappa shape index (κ2) is 7.24. The van der Waals surface area contributed by atoms with Gasteiger partial charge >= 0.3 is 6.18 Å². The molecule has 5 nitrogen and oxygen atoms in total. The van der Waals surface area contributed by atoms with E-state index in [1.807, 2.05) is 4.57 Å². The molecule has 28 heavy (non-hydrogen) atoms. The molecule has 0 atom stereocenters. The maximum absolute atomic E-state index is 13.1. The van der Waals surface area contributed by atoms with Crippen molar-refractivity contribution in [3.8, 4) is 5.69 Å². The number of hydrogen-bond acceptors (Lipinski definition) is 3. The Bertz CT molecular complexity index is 1050. The minimum absolute atomic E-state index is 0.0140. The molecule has 0 radical (unpaired) electrons. The third-order valence-corrected chi connectivity index (χ3v) is 5.05. The van der Waals surface area contributed by atoms with Crippen molar-refractivity contribution < 1.29 is 13.2 Å². The van der Waals surface area contributed by atoms with Crippen LogP contribution >= 0.6 is 11.6 Å². The molecule has 9 heteroatoms. The molecule has 1 aliphatic carbocycles. The van der Waals surface area contributed by atoms with Crippen molar-refractivity contribution in [1.29, 1.82) is 0 Å². The summed E-state index contributed by atoms with van der Waals surface area (Å²) in [7, 11) is 0. The van der Waals surface area contributed by atoms with Gasteiger partial charge in [0.2, 0.25) is 0 Å². The molecule has 0 saturated heterocycles. The highest BCUT2D eigenvalue weighted by Crippen LogP contribution is 2.36. The molecule has 0 amide bonds. The van der Waals surface area contributed by atoms with Gasteiger partial charge in [-0.3, -0.25) is 9.36 Å². The first-order valence-electron chi connectivity index (χ1n) is 9.14. The van der Waals surface area contributed by atoms with E-state index in [1.54, 1.807) is 30.6 Å². The molecule has 1 fully saturated rings. The van der Waals surface area contributed by atoms with Gasteiger partial charge in [0.15, 0.2) is 11.2 Å². The molecule has 0 N–H and O–H groups in total. The fourth-order valence-electron chi connectivity index (χ4n) is 3.26. The van der Waals surface area contributed by atoms with E-state index in [2.05, 4.69) is 9.97 Å². The Balaban J connectivity index is 1.75. The van der Waals surface area contributed by atoms with Gasteiger partial charge in [-0.2, -0.15) is 13.2 Å². The third-order valence-electron chi connectivity index (χ3n) is 4.80. The molecule has 3 aromatic rings. The van der Waals surface area contributed by atoms with Gasteiger partial charge in [0.05, 0.1) is 12.0 Å². The summed E-state index contributed by atoms with van der Waals surface area (Å²) in [6.45, 7) is 0. The van der Waals surface area contributed by atoms with Crippen LogP contribution in [0.1, 0.15) is 44.0 Å². The predicted molar refractivity (Wildman–Crippen MR) is 100 cm³/mol. The number of nitrogens with zero attached hydrogens (tertiary/aromatic N) is 4. The molecule has 2 heterocycles. The summed E-state index contributed by atoms with van der Waals surface area (Å²) in [5.41, 5.74) is 1.01. The zero-order chi connectivity index (χ0) is 19.9. The summed E-state index contributed by atoms with van der Waals surface area (Å²) in [5, 5.41) is 0.524. The number of fused-ring (bicyclic) bond motifs is 1. The van der Waals surface area contributed by atoms with Gasteiger partial charge in [0, 0.05) is 23.9 Å². The summed E-state index contributed by atoms with van der Waals surface area (Å²) < 4.78 is 40.7. The molecule has 1 aliphatic rings. The number of benzene rings is 1. The van der Waals surface area contributed by atoms with Gasteiger partial charge in [-0.05, 0) is 49.9 Å². The average molecular weight is 411 g/mol. The zero-order valence-corrected chi connectivity index (χ0v) is 15.7. The van der Waals surface area contributed by atoms with Crippen molar-refractivity contribution in [3.05, 3.63) is 51.8 Å². The minimum Gasteiger partial charge on any atom is -0.312 e. The molecule has 0 unspecified atom stereocenters. The molecule has 0 spiro atoms. The molecule has 0 aliphatic heterocycles.